The number of imidazole rings is 2. The van der Waals surface area contributed by atoms with Crippen LogP contribution < -0.4 is 0 Å². The van der Waals surface area contributed by atoms with Crippen molar-refractivity contribution in [2.24, 2.45) is 0 Å². The van der Waals surface area contributed by atoms with E-state index in [-0.39, 0.29) is 30.9 Å². The van der Waals surface area contributed by atoms with E-state index in [1.54, 1.807) is 0 Å². The summed E-state index contributed by atoms with van der Waals surface area (Å²) in [6.45, 7) is 9.28. The van der Waals surface area contributed by atoms with E-state index in [1.165, 1.54) is 55.6 Å². The molecule has 0 fully saturated rings. The molecule has 0 N–H and O–H groups in total. The second-order valence-electron chi connectivity index (χ2n) is 17.4. The van der Waals surface area contributed by atoms with E-state index in [9.17, 15) is 0 Å². The van der Waals surface area contributed by atoms with Gasteiger partial charge in [-0.25, -0.2) is 9.97 Å². The number of hydrogen-bond donors (Lipinski definition) is 0. The molecule has 0 saturated heterocycles. The Hall–Kier alpha value is -6.65. The number of nitrogens with zero attached hydrogens (tertiary/aromatic N) is 4. The van der Waals surface area contributed by atoms with E-state index >= 15 is 0 Å². The van der Waals surface area contributed by atoms with Crippen LogP contribution in [-0.4, -0.2) is 19.1 Å². The number of benzene rings is 8. The second kappa shape index (κ2) is 17.0. The molecule has 0 spiro atoms. The van der Waals surface area contributed by atoms with Gasteiger partial charge < -0.3 is 0 Å². The number of rotatable bonds is 8. The molecular formula is C60H52IrN4+3. The van der Waals surface area contributed by atoms with Crippen LogP contribution in [0, 0.1) is 0 Å². The van der Waals surface area contributed by atoms with Gasteiger partial charge in [0.05, 0.1) is 22.1 Å². The van der Waals surface area contributed by atoms with Gasteiger partial charge in [-0.1, -0.05) is 161 Å². The molecule has 318 valence electrons. The average Bonchev–Trinajstić information content (AvgIpc) is 4.10. The predicted molar refractivity (Wildman–Crippen MR) is 267 cm³/mol. The molecular weight excluding hydrogens is 969 g/mol. The standard InChI is InChI=1S/2C30H26N2.Ir/c2*1-3-30(4-2)25-15-9-8-14-23(25)24-19-18-21(20-26(24)30)29-31-27-16-10-11-17-28(27)32(29)22-12-6-5-7-13-22;/h2*5-20H,3-4H2,1-2H3;/q;;+3. The molecule has 5 heteroatoms. The zero-order valence-corrected chi connectivity index (χ0v) is 39.8. The maximum Gasteiger partial charge on any atom is 3.00 e. The molecule has 0 bridgehead atoms. The first kappa shape index (κ1) is 42.3. The summed E-state index contributed by atoms with van der Waals surface area (Å²) in [5.74, 6) is 1.99. The Morgan fingerprint density at radius 2 is 0.692 bits per heavy atom. The van der Waals surface area contributed by atoms with E-state index in [0.717, 1.165) is 70.8 Å². The molecule has 2 aliphatic rings. The van der Waals surface area contributed by atoms with Gasteiger partial charge in [0.15, 0.2) is 0 Å². The van der Waals surface area contributed by atoms with Gasteiger partial charge in [0.25, 0.3) is 0 Å². The average molecular weight is 1020 g/mol. The number of hydrogen-bond acceptors (Lipinski definition) is 2. The van der Waals surface area contributed by atoms with Gasteiger partial charge in [-0.2, -0.15) is 0 Å². The SMILES string of the molecule is CCC1(CC)c2ccccc2-c2ccc(-c3nc4ccccc4n3-c3ccccc3)cc21.CCC1(CC)c2ccccc2-c2ccc(-c3nc4ccccc4n3-c3ccccc3)cc21.[Ir+3]. The Balaban J connectivity index is 0.000000151. The molecule has 12 rings (SSSR count). The van der Waals surface area contributed by atoms with Gasteiger partial charge >= 0.3 is 20.1 Å². The zero-order valence-electron chi connectivity index (χ0n) is 37.4. The second-order valence-corrected chi connectivity index (χ2v) is 17.4. The van der Waals surface area contributed by atoms with Crippen molar-refractivity contribution in [3.63, 3.8) is 0 Å². The van der Waals surface area contributed by atoms with Crippen LogP contribution in [0.5, 0.6) is 0 Å². The third kappa shape index (κ3) is 6.58. The van der Waals surface area contributed by atoms with Crippen molar-refractivity contribution in [2.75, 3.05) is 0 Å². The summed E-state index contributed by atoms with van der Waals surface area (Å²) >= 11 is 0. The molecule has 8 aromatic carbocycles. The van der Waals surface area contributed by atoms with Gasteiger partial charge in [0, 0.05) is 33.3 Å². The van der Waals surface area contributed by atoms with Crippen molar-refractivity contribution in [3.8, 4) is 56.4 Å². The summed E-state index contributed by atoms with van der Waals surface area (Å²) in [4.78, 5) is 10.2. The van der Waals surface area contributed by atoms with Gasteiger partial charge in [0.2, 0.25) is 0 Å². The predicted octanol–water partition coefficient (Wildman–Crippen LogP) is 15.6. The van der Waals surface area contributed by atoms with Gasteiger partial charge in [-0.05, 0) is 131 Å². The van der Waals surface area contributed by atoms with Crippen LogP contribution in [-0.2, 0) is 30.9 Å². The first-order valence-electron chi connectivity index (χ1n) is 23.1. The van der Waals surface area contributed by atoms with Crippen LogP contribution >= 0.6 is 0 Å². The van der Waals surface area contributed by atoms with Crippen molar-refractivity contribution in [3.05, 3.63) is 216 Å². The van der Waals surface area contributed by atoms with E-state index in [1.807, 2.05) is 0 Å². The Morgan fingerprint density at radius 3 is 1.09 bits per heavy atom. The monoisotopic (exact) mass is 1020 g/mol. The summed E-state index contributed by atoms with van der Waals surface area (Å²) < 4.78 is 4.58. The maximum atomic E-state index is 5.10. The van der Waals surface area contributed by atoms with Gasteiger partial charge in [-0.3, -0.25) is 9.13 Å². The maximum absolute atomic E-state index is 5.10. The Bertz CT molecular complexity index is 3110. The van der Waals surface area contributed by atoms with Crippen LogP contribution in [0.2, 0.25) is 0 Å². The summed E-state index contributed by atoms with van der Waals surface area (Å²) in [6, 6.07) is 69.7. The molecule has 0 unspecified atom stereocenters. The molecule has 0 saturated carbocycles. The van der Waals surface area contributed by atoms with Crippen molar-refractivity contribution in [1.29, 1.82) is 0 Å². The van der Waals surface area contributed by atoms with Crippen molar-refractivity contribution in [1.82, 2.24) is 19.1 Å². The van der Waals surface area contributed by atoms with Crippen LogP contribution in [0.15, 0.2) is 194 Å². The van der Waals surface area contributed by atoms with Crippen LogP contribution in [0.3, 0.4) is 0 Å². The summed E-state index contributed by atoms with van der Waals surface area (Å²) in [6.07, 6.45) is 4.36. The fourth-order valence-electron chi connectivity index (χ4n) is 11.3. The van der Waals surface area contributed by atoms with E-state index in [0.29, 0.717) is 0 Å². The number of para-hydroxylation sites is 6. The third-order valence-corrected chi connectivity index (χ3v) is 14.6. The smallest absolute Gasteiger partial charge is 0.292 e. The summed E-state index contributed by atoms with van der Waals surface area (Å²) in [5, 5.41) is 0. The third-order valence-electron chi connectivity index (χ3n) is 14.6. The van der Waals surface area contributed by atoms with Crippen LogP contribution in [0.1, 0.15) is 75.6 Å². The molecule has 0 radical (unpaired) electrons. The van der Waals surface area contributed by atoms with E-state index < -0.39 is 0 Å². The summed E-state index contributed by atoms with van der Waals surface area (Å²) in [5.41, 5.74) is 20.4. The van der Waals surface area contributed by atoms with Gasteiger partial charge in [0.1, 0.15) is 11.6 Å². The minimum Gasteiger partial charge on any atom is -0.292 e. The molecule has 0 aliphatic heterocycles. The topological polar surface area (TPSA) is 35.6 Å². The molecule has 2 aromatic heterocycles. The first-order chi connectivity index (χ1) is 31.5. The quantitative estimate of drug-likeness (QED) is 0.152. The summed E-state index contributed by atoms with van der Waals surface area (Å²) in [7, 11) is 0. The van der Waals surface area contributed by atoms with Crippen LogP contribution in [0.4, 0.5) is 0 Å². The number of fused-ring (bicyclic) bond motifs is 8. The fraction of sp³-hybridized carbons (Fsp3) is 0.167. The van der Waals surface area contributed by atoms with Crippen molar-refractivity contribution < 1.29 is 20.1 Å². The molecule has 10 aromatic rings. The number of aromatic nitrogens is 4. The first-order valence-corrected chi connectivity index (χ1v) is 23.1. The molecule has 0 atom stereocenters. The molecule has 2 aliphatic carbocycles. The molecule has 0 amide bonds. The molecule has 65 heavy (non-hydrogen) atoms. The van der Waals surface area contributed by atoms with Gasteiger partial charge in [-0.15, -0.1) is 0 Å². The van der Waals surface area contributed by atoms with E-state index in [4.69, 9.17) is 9.97 Å². The van der Waals surface area contributed by atoms with E-state index in [2.05, 4.69) is 231 Å². The Kier molecular flexibility index (Phi) is 11.1. The Morgan fingerprint density at radius 1 is 0.354 bits per heavy atom. The molecule has 4 nitrogen and oxygen atoms in total. The normalized spacial score (nSPS) is 13.6. The van der Waals surface area contributed by atoms with Crippen molar-refractivity contribution in [2.45, 2.75) is 64.2 Å². The van der Waals surface area contributed by atoms with Crippen molar-refractivity contribution >= 4 is 22.1 Å². The fourth-order valence-corrected chi connectivity index (χ4v) is 11.3. The zero-order chi connectivity index (χ0) is 43.4. The minimum atomic E-state index is 0. The Labute approximate surface area is 396 Å². The van der Waals surface area contributed by atoms with Crippen LogP contribution in [0.25, 0.3) is 78.5 Å². The largest absolute Gasteiger partial charge is 3.00 e. The minimum absolute atomic E-state index is 0. The molecule has 2 heterocycles.